The molecule has 0 N–H and O–H groups in total. The van der Waals surface area contributed by atoms with Crippen LogP contribution in [-0.4, -0.2) is 36.0 Å². The molecule has 6 heteroatoms. The van der Waals surface area contributed by atoms with Crippen molar-refractivity contribution in [3.05, 3.63) is 16.3 Å². The molecule has 0 amide bonds. The molecule has 0 aliphatic carbocycles. The monoisotopic (exact) mass is 252 g/mol. The van der Waals surface area contributed by atoms with Crippen LogP contribution in [0, 0.1) is 25.2 Å². The van der Waals surface area contributed by atoms with Crippen LogP contribution in [0.4, 0.5) is 5.82 Å². The molecule has 1 atom stereocenters. The van der Waals surface area contributed by atoms with Crippen molar-refractivity contribution in [2.45, 2.75) is 20.0 Å². The van der Waals surface area contributed by atoms with Gasteiger partial charge in [-0.25, -0.2) is 0 Å². The van der Waals surface area contributed by atoms with Crippen LogP contribution in [0.25, 0.3) is 0 Å². The van der Waals surface area contributed by atoms with Gasteiger partial charge in [-0.15, -0.1) is 10.2 Å². The third-order valence-corrected chi connectivity index (χ3v) is 3.31. The van der Waals surface area contributed by atoms with E-state index in [1.807, 2.05) is 18.7 Å². The summed E-state index contributed by atoms with van der Waals surface area (Å²) < 4.78 is 5.30. The van der Waals surface area contributed by atoms with E-state index in [1.165, 1.54) is 0 Å². The van der Waals surface area contributed by atoms with Crippen molar-refractivity contribution < 1.29 is 4.74 Å². The molecule has 1 unspecified atom stereocenters. The van der Waals surface area contributed by atoms with E-state index in [4.69, 9.17) is 21.6 Å². The van der Waals surface area contributed by atoms with E-state index in [9.17, 15) is 0 Å². The lowest BCUT2D eigenvalue weighted by molar-refractivity contribution is 0.0760. The smallest absolute Gasteiger partial charge is 0.161 e. The fourth-order valence-corrected chi connectivity index (χ4v) is 1.96. The minimum Gasteiger partial charge on any atom is -0.360 e. The molecule has 2 heterocycles. The van der Waals surface area contributed by atoms with Crippen molar-refractivity contribution >= 4 is 17.4 Å². The minimum absolute atomic E-state index is 0.402. The van der Waals surface area contributed by atoms with Gasteiger partial charge in [-0.05, 0) is 25.0 Å². The van der Waals surface area contributed by atoms with Gasteiger partial charge in [-0.3, -0.25) is 0 Å². The largest absolute Gasteiger partial charge is 0.360 e. The predicted molar refractivity (Wildman–Crippen MR) is 64.1 cm³/mol. The van der Waals surface area contributed by atoms with Crippen LogP contribution >= 0.6 is 11.6 Å². The number of nitrogens with zero attached hydrogens (tertiary/aromatic N) is 4. The molecule has 1 aromatic heterocycles. The lowest BCUT2D eigenvalue weighted by atomic mass is 10.1. The average Bonchev–Trinajstić information content (AvgIpc) is 2.36. The molecule has 0 saturated carbocycles. The summed E-state index contributed by atoms with van der Waals surface area (Å²) in [5.74, 6) is 0.787. The van der Waals surface area contributed by atoms with Gasteiger partial charge in [0.05, 0.1) is 19.2 Å². The fourth-order valence-electron chi connectivity index (χ4n) is 1.78. The van der Waals surface area contributed by atoms with E-state index in [0.717, 1.165) is 23.5 Å². The zero-order valence-electron chi connectivity index (χ0n) is 9.77. The molecule has 5 nitrogen and oxygen atoms in total. The molecule has 0 aromatic carbocycles. The number of halogens is 1. The Bertz CT molecular complexity index is 471. The zero-order valence-corrected chi connectivity index (χ0v) is 10.5. The summed E-state index contributed by atoms with van der Waals surface area (Å²) in [6.07, 6.45) is -0.402. The Morgan fingerprint density at radius 1 is 1.41 bits per heavy atom. The van der Waals surface area contributed by atoms with Crippen LogP contribution in [-0.2, 0) is 4.74 Å². The Kier molecular flexibility index (Phi) is 3.46. The second kappa shape index (κ2) is 4.86. The lowest BCUT2D eigenvalue weighted by Crippen LogP contribution is -2.42. The van der Waals surface area contributed by atoms with E-state index >= 15 is 0 Å². The number of ether oxygens (including phenoxy) is 1. The van der Waals surface area contributed by atoms with Crippen LogP contribution in [0.2, 0.25) is 5.15 Å². The predicted octanol–water partition coefficient (Wildman–Crippen LogP) is 1.48. The van der Waals surface area contributed by atoms with E-state index in [0.29, 0.717) is 18.3 Å². The first-order valence-electron chi connectivity index (χ1n) is 5.39. The van der Waals surface area contributed by atoms with Crippen molar-refractivity contribution in [3.8, 4) is 6.07 Å². The van der Waals surface area contributed by atoms with Crippen molar-refractivity contribution in [2.24, 2.45) is 0 Å². The van der Waals surface area contributed by atoms with Crippen molar-refractivity contribution in [1.29, 1.82) is 5.26 Å². The highest BCUT2D eigenvalue weighted by atomic mass is 35.5. The molecule has 90 valence electrons. The van der Waals surface area contributed by atoms with Gasteiger partial charge in [0, 0.05) is 6.54 Å². The summed E-state index contributed by atoms with van der Waals surface area (Å²) in [7, 11) is 0. The highest BCUT2D eigenvalue weighted by Gasteiger charge is 2.23. The summed E-state index contributed by atoms with van der Waals surface area (Å²) in [4.78, 5) is 2.02. The van der Waals surface area contributed by atoms with Crippen molar-refractivity contribution in [3.63, 3.8) is 0 Å². The Labute approximate surface area is 105 Å². The van der Waals surface area contributed by atoms with Crippen LogP contribution in [0.15, 0.2) is 0 Å². The maximum Gasteiger partial charge on any atom is 0.161 e. The Balaban J connectivity index is 2.29. The number of aromatic nitrogens is 2. The fraction of sp³-hybridized carbons (Fsp3) is 0.545. The molecule has 0 radical (unpaired) electrons. The summed E-state index contributed by atoms with van der Waals surface area (Å²) in [5, 5.41) is 17.3. The molecule has 1 aliphatic rings. The maximum absolute atomic E-state index is 8.86. The maximum atomic E-state index is 8.86. The van der Waals surface area contributed by atoms with E-state index < -0.39 is 6.10 Å². The lowest BCUT2D eigenvalue weighted by Gasteiger charge is -2.31. The quantitative estimate of drug-likeness (QED) is 0.758. The Morgan fingerprint density at radius 2 is 2.18 bits per heavy atom. The van der Waals surface area contributed by atoms with E-state index in [2.05, 4.69) is 16.3 Å². The number of morpholine rings is 1. The highest BCUT2D eigenvalue weighted by molar-refractivity contribution is 6.30. The minimum atomic E-state index is -0.402. The van der Waals surface area contributed by atoms with Gasteiger partial charge in [0.1, 0.15) is 0 Å². The number of anilines is 1. The van der Waals surface area contributed by atoms with Gasteiger partial charge in [-0.1, -0.05) is 11.6 Å². The van der Waals surface area contributed by atoms with Crippen LogP contribution in [0.5, 0.6) is 0 Å². The third kappa shape index (κ3) is 2.33. The third-order valence-electron chi connectivity index (χ3n) is 2.95. The standard InChI is InChI=1S/C11H13ClN4O/c1-7-8(2)11(15-14-10(7)12)16-3-4-17-9(5-13)6-16/h9H,3-4,6H2,1-2H3. The van der Waals surface area contributed by atoms with Gasteiger partial charge in [0.15, 0.2) is 17.1 Å². The van der Waals surface area contributed by atoms with Gasteiger partial charge in [0.2, 0.25) is 0 Å². The number of hydrogen-bond acceptors (Lipinski definition) is 5. The summed E-state index contributed by atoms with van der Waals surface area (Å²) in [6, 6.07) is 2.11. The van der Waals surface area contributed by atoms with Crippen LogP contribution < -0.4 is 4.90 Å². The first-order valence-corrected chi connectivity index (χ1v) is 5.77. The molecular formula is C11H13ClN4O. The molecule has 0 spiro atoms. The van der Waals surface area contributed by atoms with E-state index in [1.54, 1.807) is 0 Å². The molecule has 2 rings (SSSR count). The Morgan fingerprint density at radius 3 is 2.88 bits per heavy atom. The van der Waals surface area contributed by atoms with Gasteiger partial charge < -0.3 is 9.64 Å². The van der Waals surface area contributed by atoms with Gasteiger partial charge in [-0.2, -0.15) is 5.26 Å². The molecule has 1 fully saturated rings. The number of hydrogen-bond donors (Lipinski definition) is 0. The van der Waals surface area contributed by atoms with E-state index in [-0.39, 0.29) is 0 Å². The SMILES string of the molecule is Cc1c(Cl)nnc(N2CCOC(C#N)C2)c1C. The normalized spacial score (nSPS) is 20.1. The molecule has 1 aliphatic heterocycles. The number of rotatable bonds is 1. The summed E-state index contributed by atoms with van der Waals surface area (Å²) >= 11 is 5.91. The number of nitriles is 1. The molecule has 0 bridgehead atoms. The van der Waals surface area contributed by atoms with Crippen LogP contribution in [0.3, 0.4) is 0 Å². The Hall–Kier alpha value is -1.38. The van der Waals surface area contributed by atoms with Crippen molar-refractivity contribution in [2.75, 3.05) is 24.6 Å². The molecule has 17 heavy (non-hydrogen) atoms. The van der Waals surface area contributed by atoms with Crippen LogP contribution in [0.1, 0.15) is 11.1 Å². The summed E-state index contributed by atoms with van der Waals surface area (Å²) in [5.41, 5.74) is 1.93. The topological polar surface area (TPSA) is 62.0 Å². The average molecular weight is 253 g/mol. The second-order valence-corrected chi connectivity index (χ2v) is 4.36. The van der Waals surface area contributed by atoms with Gasteiger partial charge in [0.25, 0.3) is 0 Å². The highest BCUT2D eigenvalue weighted by Crippen LogP contribution is 2.24. The van der Waals surface area contributed by atoms with Crippen molar-refractivity contribution in [1.82, 2.24) is 10.2 Å². The molecule has 1 aromatic rings. The molecular weight excluding hydrogens is 240 g/mol. The first-order chi connectivity index (χ1) is 8.13. The zero-order chi connectivity index (χ0) is 12.4. The first kappa shape index (κ1) is 12.1. The van der Waals surface area contributed by atoms with Gasteiger partial charge >= 0.3 is 0 Å². The molecule has 1 saturated heterocycles. The summed E-state index contributed by atoms with van der Waals surface area (Å²) in [6.45, 7) is 5.64. The second-order valence-electron chi connectivity index (χ2n) is 4.00.